The average Bonchev–Trinajstić information content (AvgIpc) is 2.36. The highest BCUT2D eigenvalue weighted by Gasteiger charge is 2.29. The molecule has 1 aromatic carbocycles. The van der Waals surface area contributed by atoms with Gasteiger partial charge in [0.2, 0.25) is 9.84 Å². The Bertz CT molecular complexity index is 503. The van der Waals surface area contributed by atoms with Crippen LogP contribution in [0.25, 0.3) is 0 Å². The number of sulfone groups is 1. The fraction of sp³-hybridized carbons (Fsp3) is 0.385. The van der Waals surface area contributed by atoms with Gasteiger partial charge in [0.15, 0.2) is 0 Å². The van der Waals surface area contributed by atoms with Gasteiger partial charge in [0.05, 0.1) is 18.1 Å². The van der Waals surface area contributed by atoms with Crippen LogP contribution in [0, 0.1) is 5.92 Å². The predicted molar refractivity (Wildman–Crippen MR) is 69.6 cm³/mol. The molecule has 0 aliphatic carbocycles. The molecule has 1 unspecified atom stereocenters. The van der Waals surface area contributed by atoms with Crippen LogP contribution in [0.4, 0.5) is 0 Å². The van der Waals surface area contributed by atoms with Crippen LogP contribution in [0.1, 0.15) is 13.8 Å². The predicted octanol–water partition coefficient (Wildman–Crippen LogP) is 1.97. The first-order chi connectivity index (χ1) is 8.41. The molecule has 0 amide bonds. The molecular formula is C13H18O4S. The lowest BCUT2D eigenvalue weighted by molar-refractivity contribution is 0.162. The Morgan fingerprint density at radius 3 is 2.28 bits per heavy atom. The minimum absolute atomic E-state index is 0.119. The van der Waals surface area contributed by atoms with Crippen LogP contribution in [-0.4, -0.2) is 26.7 Å². The number of ether oxygens (including phenoxy) is 1. The van der Waals surface area contributed by atoms with E-state index in [1.54, 1.807) is 32.0 Å². The highest BCUT2D eigenvalue weighted by atomic mass is 32.2. The Kier molecular flexibility index (Phi) is 4.93. The van der Waals surface area contributed by atoms with Crippen molar-refractivity contribution in [1.82, 2.24) is 0 Å². The summed E-state index contributed by atoms with van der Waals surface area (Å²) in [5.74, 6) is -0.218. The van der Waals surface area contributed by atoms with Crippen LogP contribution in [0.15, 0.2) is 46.4 Å². The quantitative estimate of drug-likeness (QED) is 0.831. The zero-order valence-corrected chi connectivity index (χ0v) is 11.5. The van der Waals surface area contributed by atoms with E-state index < -0.39 is 15.9 Å². The second-order valence-corrected chi connectivity index (χ2v) is 6.21. The Balaban J connectivity index is 3.27. The first-order valence-corrected chi connectivity index (χ1v) is 7.10. The second kappa shape index (κ2) is 6.02. The van der Waals surface area contributed by atoms with E-state index in [1.807, 2.05) is 0 Å². The maximum Gasteiger partial charge on any atom is 0.208 e. The number of aliphatic hydroxyl groups excluding tert-OH is 1. The Morgan fingerprint density at radius 1 is 1.28 bits per heavy atom. The van der Waals surface area contributed by atoms with Gasteiger partial charge < -0.3 is 9.84 Å². The summed E-state index contributed by atoms with van der Waals surface area (Å²) in [5.41, 5.74) is 0. The van der Waals surface area contributed by atoms with Crippen molar-refractivity contribution < 1.29 is 18.3 Å². The second-order valence-electron chi connectivity index (χ2n) is 4.26. The van der Waals surface area contributed by atoms with Crippen molar-refractivity contribution in [1.29, 1.82) is 0 Å². The molecule has 0 heterocycles. The highest BCUT2D eigenvalue weighted by molar-refractivity contribution is 7.95. The van der Waals surface area contributed by atoms with E-state index in [4.69, 9.17) is 4.74 Å². The zero-order valence-electron chi connectivity index (χ0n) is 10.7. The van der Waals surface area contributed by atoms with E-state index in [-0.39, 0.29) is 15.7 Å². The van der Waals surface area contributed by atoms with Gasteiger partial charge in [0.1, 0.15) is 11.2 Å². The van der Waals surface area contributed by atoms with Crippen molar-refractivity contribution in [2.24, 2.45) is 5.92 Å². The van der Waals surface area contributed by atoms with Crippen molar-refractivity contribution in [2.45, 2.75) is 24.8 Å². The van der Waals surface area contributed by atoms with Crippen LogP contribution < -0.4 is 0 Å². The fourth-order valence-corrected chi connectivity index (χ4v) is 3.07. The van der Waals surface area contributed by atoms with Gasteiger partial charge in [-0.15, -0.1) is 0 Å². The first kappa shape index (κ1) is 14.7. The lowest BCUT2D eigenvalue weighted by Crippen LogP contribution is -2.24. The molecule has 0 bridgehead atoms. The van der Waals surface area contributed by atoms with Gasteiger partial charge in [-0.25, -0.2) is 8.42 Å². The minimum atomic E-state index is -3.72. The molecule has 0 saturated heterocycles. The number of hydrogen-bond donors (Lipinski definition) is 1. The van der Waals surface area contributed by atoms with Gasteiger partial charge in [-0.1, -0.05) is 32.0 Å². The fourth-order valence-electron chi connectivity index (χ4n) is 1.47. The van der Waals surface area contributed by atoms with Crippen LogP contribution >= 0.6 is 0 Å². The van der Waals surface area contributed by atoms with Crippen LogP contribution in [-0.2, 0) is 14.6 Å². The summed E-state index contributed by atoms with van der Waals surface area (Å²) < 4.78 is 29.5. The Labute approximate surface area is 108 Å². The SMILES string of the molecule is CO/C=C(\C(O)C(C)C)S(=O)(=O)c1ccccc1. The number of hydrogen-bond acceptors (Lipinski definition) is 4. The molecule has 1 rings (SSSR count). The van der Waals surface area contributed by atoms with E-state index in [2.05, 4.69) is 0 Å². The molecule has 1 N–H and O–H groups in total. The summed E-state index contributed by atoms with van der Waals surface area (Å²) in [6.07, 6.45) is 0.00246. The van der Waals surface area contributed by atoms with Gasteiger partial charge in [0, 0.05) is 0 Å². The van der Waals surface area contributed by atoms with Crippen molar-refractivity contribution >= 4 is 9.84 Å². The summed E-state index contributed by atoms with van der Waals surface area (Å²) in [7, 11) is -2.37. The molecule has 0 spiro atoms. The summed E-state index contributed by atoms with van der Waals surface area (Å²) in [5, 5.41) is 9.99. The van der Waals surface area contributed by atoms with Gasteiger partial charge in [0.25, 0.3) is 0 Å². The standard InChI is InChI=1S/C13H18O4S/c1-10(2)13(14)12(9-17-3)18(15,16)11-7-5-4-6-8-11/h4-10,13-14H,1-3H3/b12-9+. The summed E-state index contributed by atoms with van der Waals surface area (Å²) in [6.45, 7) is 3.49. The van der Waals surface area contributed by atoms with E-state index in [1.165, 1.54) is 19.2 Å². The van der Waals surface area contributed by atoms with E-state index in [9.17, 15) is 13.5 Å². The van der Waals surface area contributed by atoms with Crippen molar-refractivity contribution in [3.63, 3.8) is 0 Å². The summed E-state index contributed by atoms with van der Waals surface area (Å²) in [6, 6.07) is 7.99. The van der Waals surface area contributed by atoms with Crippen LogP contribution in [0.5, 0.6) is 0 Å². The molecule has 0 radical (unpaired) electrons. The van der Waals surface area contributed by atoms with Crippen LogP contribution in [0.3, 0.4) is 0 Å². The summed E-state index contributed by atoms with van der Waals surface area (Å²) in [4.78, 5) is 0.0270. The van der Waals surface area contributed by atoms with E-state index in [0.717, 1.165) is 6.26 Å². The number of methoxy groups -OCH3 is 1. The number of benzene rings is 1. The molecule has 4 nitrogen and oxygen atoms in total. The average molecular weight is 270 g/mol. The normalized spacial score (nSPS) is 14.6. The van der Waals surface area contributed by atoms with Crippen LogP contribution in [0.2, 0.25) is 0 Å². The van der Waals surface area contributed by atoms with Crippen molar-refractivity contribution in [3.05, 3.63) is 41.5 Å². The molecule has 100 valence electrons. The monoisotopic (exact) mass is 270 g/mol. The zero-order chi connectivity index (χ0) is 13.8. The van der Waals surface area contributed by atoms with Crippen molar-refractivity contribution in [2.75, 3.05) is 7.11 Å². The number of rotatable bonds is 5. The molecule has 5 heteroatoms. The molecule has 0 saturated carbocycles. The third-order valence-corrected chi connectivity index (χ3v) is 4.37. The maximum absolute atomic E-state index is 12.4. The third kappa shape index (κ3) is 3.11. The topological polar surface area (TPSA) is 63.6 Å². The highest BCUT2D eigenvalue weighted by Crippen LogP contribution is 2.25. The van der Waals surface area contributed by atoms with Gasteiger partial charge in [-0.3, -0.25) is 0 Å². The summed E-state index contributed by atoms with van der Waals surface area (Å²) >= 11 is 0. The molecular weight excluding hydrogens is 252 g/mol. The molecule has 1 aromatic rings. The van der Waals surface area contributed by atoms with Gasteiger partial charge in [-0.2, -0.15) is 0 Å². The molecule has 0 aromatic heterocycles. The van der Waals surface area contributed by atoms with Gasteiger partial charge in [-0.05, 0) is 18.1 Å². The first-order valence-electron chi connectivity index (χ1n) is 5.62. The van der Waals surface area contributed by atoms with Gasteiger partial charge >= 0.3 is 0 Å². The Morgan fingerprint density at radius 2 is 1.83 bits per heavy atom. The van der Waals surface area contributed by atoms with Crippen molar-refractivity contribution in [3.8, 4) is 0 Å². The maximum atomic E-state index is 12.4. The third-order valence-electron chi connectivity index (χ3n) is 2.52. The largest absolute Gasteiger partial charge is 0.503 e. The smallest absolute Gasteiger partial charge is 0.208 e. The van der Waals surface area contributed by atoms with E-state index >= 15 is 0 Å². The Hall–Kier alpha value is -1.33. The minimum Gasteiger partial charge on any atom is -0.503 e. The molecule has 0 aliphatic rings. The molecule has 0 fully saturated rings. The molecule has 0 aliphatic heterocycles. The van der Waals surface area contributed by atoms with E-state index in [0.29, 0.717) is 0 Å². The lowest BCUT2D eigenvalue weighted by atomic mass is 10.1. The lowest BCUT2D eigenvalue weighted by Gasteiger charge is -2.18. The number of aliphatic hydroxyl groups is 1. The molecule has 1 atom stereocenters. The molecule has 18 heavy (non-hydrogen) atoms.